The molecule has 1 nitrogen and oxygen atoms in total. The Labute approximate surface area is 101 Å². The summed E-state index contributed by atoms with van der Waals surface area (Å²) in [5, 5.41) is 0.228. The largest absolute Gasteiger partial charge is 0.350 e. The number of fused-ring (bicyclic) bond motifs is 1. The lowest BCUT2D eigenvalue weighted by Gasteiger charge is -2.40. The lowest BCUT2D eigenvalue weighted by molar-refractivity contribution is 0.364. The first-order valence-electron chi connectivity index (χ1n) is 5.24. The standard InChI is InChI=1S/C11H12F5NS/c1-3-8-7-17(2)11-5-4-9(6-10(8)11)18(12,13,14,15)16/h4-7H,3H2,1-2H3. The van der Waals surface area contributed by atoms with E-state index in [2.05, 4.69) is 0 Å². The van der Waals surface area contributed by atoms with Gasteiger partial charge in [0.15, 0.2) is 0 Å². The normalized spacial score (nSPS) is 16.6. The zero-order chi connectivity index (χ0) is 13.8. The second-order valence-corrected chi connectivity index (χ2v) is 6.68. The van der Waals surface area contributed by atoms with Crippen molar-refractivity contribution in [1.82, 2.24) is 4.57 Å². The minimum Gasteiger partial charge on any atom is -0.350 e. The quantitative estimate of drug-likeness (QED) is 0.651. The van der Waals surface area contributed by atoms with Crippen molar-refractivity contribution in [2.24, 2.45) is 7.05 Å². The van der Waals surface area contributed by atoms with Crippen LogP contribution in [0.3, 0.4) is 0 Å². The van der Waals surface area contributed by atoms with Crippen molar-refractivity contribution >= 4 is 21.1 Å². The minimum atomic E-state index is -9.59. The molecular weight excluding hydrogens is 273 g/mol. The van der Waals surface area contributed by atoms with Crippen molar-refractivity contribution in [3.8, 4) is 0 Å². The van der Waals surface area contributed by atoms with Crippen LogP contribution in [0.2, 0.25) is 0 Å². The molecule has 1 aromatic carbocycles. The highest BCUT2D eigenvalue weighted by atomic mass is 32.5. The third-order valence-corrected chi connectivity index (χ3v) is 4.01. The van der Waals surface area contributed by atoms with Gasteiger partial charge in [-0.3, -0.25) is 0 Å². The highest BCUT2D eigenvalue weighted by molar-refractivity contribution is 8.45. The number of halogens is 5. The Morgan fingerprint density at radius 1 is 1.11 bits per heavy atom. The summed E-state index contributed by atoms with van der Waals surface area (Å²) < 4.78 is 65.2. The average molecular weight is 285 g/mol. The van der Waals surface area contributed by atoms with Gasteiger partial charge in [-0.05, 0) is 30.2 Å². The fourth-order valence-corrected chi connectivity index (χ4v) is 2.64. The van der Waals surface area contributed by atoms with Gasteiger partial charge in [-0.25, -0.2) is 0 Å². The fraction of sp³-hybridized carbons (Fsp3) is 0.273. The molecule has 0 bridgehead atoms. The highest BCUT2D eigenvalue weighted by Gasteiger charge is 2.65. The van der Waals surface area contributed by atoms with E-state index in [0.717, 1.165) is 6.07 Å². The molecule has 2 rings (SSSR count). The van der Waals surface area contributed by atoms with E-state index in [0.29, 0.717) is 29.6 Å². The summed E-state index contributed by atoms with van der Waals surface area (Å²) in [7, 11) is -7.93. The van der Waals surface area contributed by atoms with E-state index in [1.54, 1.807) is 24.7 Å². The molecule has 18 heavy (non-hydrogen) atoms. The van der Waals surface area contributed by atoms with Gasteiger partial charge in [0.1, 0.15) is 4.90 Å². The Balaban J connectivity index is 2.80. The molecule has 1 aromatic heterocycles. The van der Waals surface area contributed by atoms with Crippen molar-refractivity contribution in [3.63, 3.8) is 0 Å². The summed E-state index contributed by atoms with van der Waals surface area (Å²) in [5.41, 5.74) is 1.13. The summed E-state index contributed by atoms with van der Waals surface area (Å²) in [5.74, 6) is 0. The second-order valence-electron chi connectivity index (χ2n) is 4.27. The van der Waals surface area contributed by atoms with Gasteiger partial charge in [-0.2, -0.15) is 0 Å². The molecule has 0 amide bonds. The van der Waals surface area contributed by atoms with E-state index in [9.17, 15) is 19.4 Å². The predicted octanol–water partition coefficient (Wildman–Crippen LogP) is 5.40. The number of hydrogen-bond acceptors (Lipinski definition) is 0. The van der Waals surface area contributed by atoms with E-state index in [1.165, 1.54) is 0 Å². The van der Waals surface area contributed by atoms with Gasteiger partial charge in [0.2, 0.25) is 0 Å². The van der Waals surface area contributed by atoms with Gasteiger partial charge in [0.25, 0.3) is 0 Å². The lowest BCUT2D eigenvalue weighted by atomic mass is 10.1. The monoisotopic (exact) mass is 285 g/mol. The maximum atomic E-state index is 12.7. The first-order chi connectivity index (χ1) is 7.92. The van der Waals surface area contributed by atoms with Gasteiger partial charge in [-0.15, -0.1) is 0 Å². The zero-order valence-corrected chi connectivity index (χ0v) is 10.6. The summed E-state index contributed by atoms with van der Waals surface area (Å²) in [6, 6.07) is 2.08. The van der Waals surface area contributed by atoms with E-state index in [1.807, 2.05) is 0 Å². The SMILES string of the molecule is CCc1cn(C)c2ccc(S(F)(F)(F)(F)F)cc12. The summed E-state index contributed by atoms with van der Waals surface area (Å²) >= 11 is 0. The fourth-order valence-electron chi connectivity index (χ4n) is 1.97. The first-order valence-corrected chi connectivity index (χ1v) is 7.19. The Morgan fingerprint density at radius 2 is 1.72 bits per heavy atom. The number of aromatic nitrogens is 1. The molecule has 0 aliphatic rings. The highest BCUT2D eigenvalue weighted by Crippen LogP contribution is 3.02. The summed E-state index contributed by atoms with van der Waals surface area (Å²) in [6.07, 6.45) is 2.14. The maximum Gasteiger partial charge on any atom is 0.310 e. The minimum absolute atomic E-state index is 0.228. The molecule has 7 heteroatoms. The first kappa shape index (κ1) is 13.2. The van der Waals surface area contributed by atoms with E-state index < -0.39 is 15.1 Å². The topological polar surface area (TPSA) is 4.93 Å². The van der Waals surface area contributed by atoms with Crippen LogP contribution in [0.5, 0.6) is 0 Å². The van der Waals surface area contributed by atoms with Crippen LogP contribution in [-0.4, -0.2) is 4.57 Å². The van der Waals surface area contributed by atoms with Crippen LogP contribution < -0.4 is 0 Å². The van der Waals surface area contributed by atoms with Crippen LogP contribution in [0, 0.1) is 0 Å². The molecule has 2 aromatic rings. The zero-order valence-electron chi connectivity index (χ0n) is 9.76. The van der Waals surface area contributed by atoms with E-state index >= 15 is 0 Å². The molecule has 0 N–H and O–H groups in total. The number of aryl methyl sites for hydroxylation is 2. The van der Waals surface area contributed by atoms with Crippen molar-refractivity contribution in [2.45, 2.75) is 18.2 Å². The van der Waals surface area contributed by atoms with Gasteiger partial charge in [-0.1, -0.05) is 26.4 Å². The smallest absolute Gasteiger partial charge is 0.310 e. The third-order valence-electron chi connectivity index (χ3n) is 2.87. The van der Waals surface area contributed by atoms with Crippen LogP contribution in [0.1, 0.15) is 12.5 Å². The molecule has 0 saturated carbocycles. The number of hydrogen-bond donors (Lipinski definition) is 0. The Bertz CT molecular complexity index is 626. The molecule has 0 aliphatic heterocycles. The van der Waals surface area contributed by atoms with Gasteiger partial charge in [0, 0.05) is 24.1 Å². The average Bonchev–Trinajstić information content (AvgIpc) is 2.52. The molecule has 0 aliphatic carbocycles. The lowest BCUT2D eigenvalue weighted by Crippen LogP contribution is -2.05. The number of rotatable bonds is 2. The molecule has 0 radical (unpaired) electrons. The van der Waals surface area contributed by atoms with Gasteiger partial charge >= 0.3 is 10.2 Å². The van der Waals surface area contributed by atoms with Crippen molar-refractivity contribution < 1.29 is 19.4 Å². The van der Waals surface area contributed by atoms with E-state index in [4.69, 9.17) is 0 Å². The van der Waals surface area contributed by atoms with E-state index in [-0.39, 0.29) is 5.39 Å². The molecule has 0 spiro atoms. The summed E-state index contributed by atoms with van der Waals surface area (Å²) in [4.78, 5) is -1.83. The van der Waals surface area contributed by atoms with Gasteiger partial charge in [0.05, 0.1) is 0 Å². The molecule has 0 saturated heterocycles. The second kappa shape index (κ2) is 3.01. The number of benzene rings is 1. The van der Waals surface area contributed by atoms with Crippen LogP contribution in [0.15, 0.2) is 29.3 Å². The van der Waals surface area contributed by atoms with Crippen molar-refractivity contribution in [2.75, 3.05) is 0 Å². The Morgan fingerprint density at radius 3 is 2.22 bits per heavy atom. The third kappa shape index (κ3) is 2.19. The maximum absolute atomic E-state index is 12.7. The summed E-state index contributed by atoms with van der Waals surface area (Å²) in [6.45, 7) is 1.77. The van der Waals surface area contributed by atoms with Crippen molar-refractivity contribution in [3.05, 3.63) is 30.0 Å². The van der Waals surface area contributed by atoms with Crippen LogP contribution in [-0.2, 0) is 13.5 Å². The molecule has 0 fully saturated rings. The molecular formula is C11H12F5NS. The molecule has 102 valence electrons. The Hall–Kier alpha value is -1.24. The van der Waals surface area contributed by atoms with Gasteiger partial charge < -0.3 is 4.57 Å². The van der Waals surface area contributed by atoms with Crippen LogP contribution in [0.4, 0.5) is 19.4 Å². The number of nitrogens with zero attached hydrogens (tertiary/aromatic N) is 1. The predicted molar refractivity (Wildman–Crippen MR) is 63.7 cm³/mol. The van der Waals surface area contributed by atoms with Crippen LogP contribution >= 0.6 is 10.2 Å². The molecule has 1 heterocycles. The van der Waals surface area contributed by atoms with Crippen molar-refractivity contribution in [1.29, 1.82) is 0 Å². The molecule has 0 unspecified atom stereocenters. The molecule has 0 atom stereocenters. The Kier molecular flexibility index (Phi) is 2.21. The van der Waals surface area contributed by atoms with Crippen LogP contribution in [0.25, 0.3) is 10.9 Å².